The summed E-state index contributed by atoms with van der Waals surface area (Å²) in [5.74, 6) is 2.35. The van der Waals surface area contributed by atoms with Gasteiger partial charge < -0.3 is 24.6 Å². The number of sulfonamides is 1. The van der Waals surface area contributed by atoms with E-state index in [-0.39, 0.29) is 12.5 Å². The summed E-state index contributed by atoms with van der Waals surface area (Å²) in [5.41, 5.74) is 2.82. The Morgan fingerprint density at radius 1 is 0.806 bits per heavy atom. The zero-order valence-corrected chi connectivity index (χ0v) is 21.6. The quantitative estimate of drug-likeness (QED) is 0.282. The van der Waals surface area contributed by atoms with Crippen molar-refractivity contribution in [2.75, 3.05) is 44.9 Å². The standard InChI is InChI=1S/C27H34N2O6S/c1-33-24-10-4-20(5-11-24)27(21-6-12-25(34-2)13-7-21)16-17-28-18-23(30)19-35-26-14-8-22(9-15-26)29-36(3,31)32/h4-15,23,27-30H,16-19H2,1-3H3/t23-/m0/s1. The van der Waals surface area contributed by atoms with E-state index in [2.05, 4.69) is 34.3 Å². The van der Waals surface area contributed by atoms with Gasteiger partial charge in [0.2, 0.25) is 10.0 Å². The van der Waals surface area contributed by atoms with Crippen molar-refractivity contribution < 1.29 is 27.7 Å². The van der Waals surface area contributed by atoms with Gasteiger partial charge in [-0.15, -0.1) is 0 Å². The van der Waals surface area contributed by atoms with Crippen LogP contribution in [0.1, 0.15) is 23.5 Å². The molecule has 3 rings (SSSR count). The number of hydrogen-bond donors (Lipinski definition) is 3. The van der Waals surface area contributed by atoms with Crippen molar-refractivity contribution in [1.29, 1.82) is 0 Å². The van der Waals surface area contributed by atoms with E-state index >= 15 is 0 Å². The maximum Gasteiger partial charge on any atom is 0.229 e. The molecule has 0 aliphatic carbocycles. The molecule has 0 aliphatic rings. The predicted molar refractivity (Wildman–Crippen MR) is 142 cm³/mol. The number of anilines is 1. The summed E-state index contributed by atoms with van der Waals surface area (Å²) in [6.07, 6.45) is 1.23. The fourth-order valence-corrected chi connectivity index (χ4v) is 4.36. The highest BCUT2D eigenvalue weighted by Crippen LogP contribution is 2.30. The lowest BCUT2D eigenvalue weighted by molar-refractivity contribution is 0.106. The summed E-state index contributed by atoms with van der Waals surface area (Å²) >= 11 is 0. The van der Waals surface area contributed by atoms with Crippen molar-refractivity contribution in [2.45, 2.75) is 18.4 Å². The van der Waals surface area contributed by atoms with Crippen molar-refractivity contribution >= 4 is 15.7 Å². The second-order valence-corrected chi connectivity index (χ2v) is 10.2. The topological polar surface area (TPSA) is 106 Å². The van der Waals surface area contributed by atoms with Crippen LogP contribution in [0.25, 0.3) is 0 Å². The molecule has 0 heterocycles. The average Bonchev–Trinajstić information content (AvgIpc) is 2.88. The number of aliphatic hydroxyl groups excluding tert-OH is 1. The Hall–Kier alpha value is -3.27. The molecular formula is C27H34N2O6S. The number of methoxy groups -OCH3 is 2. The lowest BCUT2D eigenvalue weighted by atomic mass is 9.88. The summed E-state index contributed by atoms with van der Waals surface area (Å²) in [7, 11) is -0.0212. The van der Waals surface area contributed by atoms with Gasteiger partial charge in [0.25, 0.3) is 0 Å². The molecule has 0 radical (unpaired) electrons. The van der Waals surface area contributed by atoms with Gasteiger partial charge in [0.05, 0.1) is 20.5 Å². The predicted octanol–water partition coefficient (Wildman–Crippen LogP) is 3.63. The van der Waals surface area contributed by atoms with Crippen molar-refractivity contribution in [3.05, 3.63) is 83.9 Å². The minimum absolute atomic E-state index is 0.117. The van der Waals surface area contributed by atoms with Crippen molar-refractivity contribution in [2.24, 2.45) is 0 Å². The molecule has 8 nitrogen and oxygen atoms in total. The van der Waals surface area contributed by atoms with Crippen LogP contribution >= 0.6 is 0 Å². The zero-order chi connectivity index (χ0) is 26.0. The highest BCUT2D eigenvalue weighted by Gasteiger charge is 2.15. The average molecular weight is 515 g/mol. The summed E-state index contributed by atoms with van der Waals surface area (Å²) in [5, 5.41) is 13.6. The molecule has 0 saturated heterocycles. The number of rotatable bonds is 14. The van der Waals surface area contributed by atoms with Crippen LogP contribution in [0.5, 0.6) is 17.2 Å². The first kappa shape index (κ1) is 27.3. The van der Waals surface area contributed by atoms with Gasteiger partial charge in [0.1, 0.15) is 30.0 Å². The zero-order valence-electron chi connectivity index (χ0n) is 20.8. The molecule has 0 unspecified atom stereocenters. The van der Waals surface area contributed by atoms with Crippen LogP contribution in [0.3, 0.4) is 0 Å². The van der Waals surface area contributed by atoms with Gasteiger partial charge in [0, 0.05) is 18.2 Å². The van der Waals surface area contributed by atoms with Crippen LogP contribution in [0.15, 0.2) is 72.8 Å². The van der Waals surface area contributed by atoms with E-state index < -0.39 is 16.1 Å². The highest BCUT2D eigenvalue weighted by molar-refractivity contribution is 7.92. The molecule has 0 saturated carbocycles. The van der Waals surface area contributed by atoms with E-state index in [1.54, 1.807) is 38.5 Å². The molecule has 0 bridgehead atoms. The summed E-state index contributed by atoms with van der Waals surface area (Å²) < 4.78 is 41.2. The Balaban J connectivity index is 1.50. The lowest BCUT2D eigenvalue weighted by Crippen LogP contribution is -2.32. The Morgan fingerprint density at radius 2 is 1.31 bits per heavy atom. The minimum atomic E-state index is -3.33. The van der Waals surface area contributed by atoms with Gasteiger partial charge in [0.15, 0.2) is 0 Å². The number of hydrogen-bond acceptors (Lipinski definition) is 7. The van der Waals surface area contributed by atoms with E-state index in [0.717, 1.165) is 24.2 Å². The Bertz CT molecular complexity index is 1120. The van der Waals surface area contributed by atoms with E-state index in [1.165, 1.54) is 11.1 Å². The highest BCUT2D eigenvalue weighted by atomic mass is 32.2. The second kappa shape index (κ2) is 13.2. The molecule has 3 aromatic rings. The third kappa shape index (κ3) is 8.75. The molecular weight excluding hydrogens is 480 g/mol. The van der Waals surface area contributed by atoms with Gasteiger partial charge in [-0.3, -0.25) is 4.72 Å². The van der Waals surface area contributed by atoms with Gasteiger partial charge in [-0.1, -0.05) is 24.3 Å². The fraction of sp³-hybridized carbons (Fsp3) is 0.333. The number of ether oxygens (including phenoxy) is 3. The van der Waals surface area contributed by atoms with E-state index in [4.69, 9.17) is 14.2 Å². The Morgan fingerprint density at radius 3 is 1.78 bits per heavy atom. The molecule has 3 aromatic carbocycles. The maximum atomic E-state index is 11.3. The van der Waals surface area contributed by atoms with Crippen molar-refractivity contribution in [1.82, 2.24) is 5.32 Å². The Kier molecular flexibility index (Phi) is 9.98. The lowest BCUT2D eigenvalue weighted by Gasteiger charge is -2.20. The van der Waals surface area contributed by atoms with Crippen LogP contribution in [0.4, 0.5) is 5.69 Å². The largest absolute Gasteiger partial charge is 0.497 e. The SMILES string of the molecule is COc1ccc(C(CCNC[C@H](O)COc2ccc(NS(C)(=O)=O)cc2)c2ccc(OC)cc2)cc1. The second-order valence-electron chi connectivity index (χ2n) is 8.46. The van der Waals surface area contributed by atoms with E-state index in [0.29, 0.717) is 24.5 Å². The van der Waals surface area contributed by atoms with E-state index in [9.17, 15) is 13.5 Å². The molecule has 0 spiro atoms. The monoisotopic (exact) mass is 514 g/mol. The molecule has 1 atom stereocenters. The van der Waals surface area contributed by atoms with Crippen LogP contribution in [-0.2, 0) is 10.0 Å². The van der Waals surface area contributed by atoms with Crippen molar-refractivity contribution in [3.63, 3.8) is 0 Å². The van der Waals surface area contributed by atoms with Crippen LogP contribution in [0.2, 0.25) is 0 Å². The maximum absolute atomic E-state index is 11.3. The third-order valence-corrected chi connectivity index (χ3v) is 6.23. The van der Waals surface area contributed by atoms with Crippen LogP contribution in [-0.4, -0.2) is 59.8 Å². The first-order valence-corrected chi connectivity index (χ1v) is 13.5. The molecule has 0 amide bonds. The Labute approximate surface area is 213 Å². The third-order valence-electron chi connectivity index (χ3n) is 5.63. The summed E-state index contributed by atoms with van der Waals surface area (Å²) in [6.45, 7) is 1.20. The molecule has 9 heteroatoms. The minimum Gasteiger partial charge on any atom is -0.497 e. The molecule has 3 N–H and O–H groups in total. The van der Waals surface area contributed by atoms with E-state index in [1.807, 2.05) is 24.3 Å². The van der Waals surface area contributed by atoms with Crippen molar-refractivity contribution in [3.8, 4) is 17.2 Å². The number of nitrogens with one attached hydrogen (secondary N) is 2. The number of benzene rings is 3. The van der Waals surface area contributed by atoms with Crippen LogP contribution < -0.4 is 24.2 Å². The number of aliphatic hydroxyl groups is 1. The normalized spacial score (nSPS) is 12.2. The molecule has 0 aliphatic heterocycles. The molecule has 0 fully saturated rings. The summed E-state index contributed by atoms with van der Waals surface area (Å²) in [6, 6.07) is 22.7. The van der Waals surface area contributed by atoms with Gasteiger partial charge >= 0.3 is 0 Å². The molecule has 0 aromatic heterocycles. The first-order valence-electron chi connectivity index (χ1n) is 11.6. The fourth-order valence-electron chi connectivity index (χ4n) is 3.80. The molecule has 194 valence electrons. The van der Waals surface area contributed by atoms with Gasteiger partial charge in [-0.25, -0.2) is 8.42 Å². The first-order chi connectivity index (χ1) is 17.3. The smallest absolute Gasteiger partial charge is 0.229 e. The summed E-state index contributed by atoms with van der Waals surface area (Å²) in [4.78, 5) is 0. The van der Waals surface area contributed by atoms with Gasteiger partial charge in [-0.2, -0.15) is 0 Å². The van der Waals surface area contributed by atoms with Gasteiger partial charge in [-0.05, 0) is 72.6 Å². The molecule has 36 heavy (non-hydrogen) atoms. The van der Waals surface area contributed by atoms with Crippen LogP contribution in [0, 0.1) is 0 Å².